The van der Waals surface area contributed by atoms with Crippen LogP contribution < -0.4 is 27.8 Å². The number of nitrogens with two attached hydrogens (primary N) is 2. The molecule has 1 saturated heterocycles. The number of aromatic nitrogens is 3. The summed E-state index contributed by atoms with van der Waals surface area (Å²) >= 11 is 0. The summed E-state index contributed by atoms with van der Waals surface area (Å²) in [6.07, 6.45) is 7.22. The first-order valence-electron chi connectivity index (χ1n) is 10.9. The van der Waals surface area contributed by atoms with E-state index < -0.39 is 18.6 Å². The van der Waals surface area contributed by atoms with Crippen LogP contribution in [0.1, 0.15) is 25.7 Å². The van der Waals surface area contributed by atoms with E-state index in [-0.39, 0.29) is 5.69 Å². The number of nitrogens with zero attached hydrogens (tertiary/aromatic N) is 4. The number of hydrogen-bond acceptors (Lipinski definition) is 9. The highest BCUT2D eigenvalue weighted by Crippen LogP contribution is 2.14. The van der Waals surface area contributed by atoms with Gasteiger partial charge in [-0.3, -0.25) is 9.36 Å². The lowest BCUT2D eigenvalue weighted by atomic mass is 10.1. The minimum absolute atomic E-state index is 0.319. The summed E-state index contributed by atoms with van der Waals surface area (Å²) in [4.78, 5) is 34.7. The van der Waals surface area contributed by atoms with E-state index in [2.05, 4.69) is 25.5 Å². The third-order valence-corrected chi connectivity index (χ3v) is 5.45. The van der Waals surface area contributed by atoms with Crippen molar-refractivity contribution in [3.05, 3.63) is 41.1 Å². The monoisotopic (exact) mass is 444 g/mol. The molecule has 1 unspecified atom stereocenters. The third-order valence-electron chi connectivity index (χ3n) is 5.45. The molecule has 1 amide bonds. The number of carbonyl (C=O) groups is 1. The first-order valence-corrected chi connectivity index (χ1v) is 10.9. The van der Waals surface area contributed by atoms with Gasteiger partial charge in [-0.25, -0.2) is 9.78 Å². The van der Waals surface area contributed by atoms with Gasteiger partial charge in [0.05, 0.1) is 18.5 Å². The number of pyridine rings is 1. The maximum Gasteiger partial charge on any atom is 0.349 e. The van der Waals surface area contributed by atoms with E-state index in [0.29, 0.717) is 29.9 Å². The van der Waals surface area contributed by atoms with Gasteiger partial charge >= 0.3 is 5.69 Å². The van der Waals surface area contributed by atoms with E-state index in [0.717, 1.165) is 45.3 Å². The van der Waals surface area contributed by atoms with Gasteiger partial charge in [0.1, 0.15) is 17.7 Å². The molecule has 1 fully saturated rings. The largest absolute Gasteiger partial charge is 0.394 e. The molecule has 174 valence electrons. The van der Waals surface area contributed by atoms with Crippen LogP contribution in [0.4, 0.5) is 17.3 Å². The van der Waals surface area contributed by atoms with E-state index >= 15 is 0 Å². The molecule has 32 heavy (non-hydrogen) atoms. The minimum Gasteiger partial charge on any atom is -0.394 e. The molecule has 0 aliphatic carbocycles. The Morgan fingerprint density at radius 3 is 2.59 bits per heavy atom. The molecule has 1 aliphatic rings. The van der Waals surface area contributed by atoms with Crippen LogP contribution in [0.2, 0.25) is 0 Å². The molecule has 0 aromatic carbocycles. The number of nitrogens with one attached hydrogen (secondary N) is 2. The van der Waals surface area contributed by atoms with Gasteiger partial charge in [0.2, 0.25) is 5.91 Å². The summed E-state index contributed by atoms with van der Waals surface area (Å²) in [7, 11) is 0. The third kappa shape index (κ3) is 7.09. The molecule has 0 saturated carbocycles. The highest BCUT2D eigenvalue weighted by molar-refractivity contribution is 5.94. The molecule has 3 heterocycles. The Kier molecular flexibility index (Phi) is 8.68. The minimum atomic E-state index is -0.993. The second-order valence-corrected chi connectivity index (χ2v) is 8.01. The van der Waals surface area contributed by atoms with E-state index in [1.807, 2.05) is 0 Å². The Hall–Kier alpha value is -2.86. The first-order chi connectivity index (χ1) is 15.4. The van der Waals surface area contributed by atoms with Crippen molar-refractivity contribution in [3.63, 3.8) is 0 Å². The van der Waals surface area contributed by atoms with Crippen LogP contribution in [-0.4, -0.2) is 68.8 Å². The smallest absolute Gasteiger partial charge is 0.349 e. The summed E-state index contributed by atoms with van der Waals surface area (Å²) in [6, 6.07) is 4.35. The number of unbranched alkanes of at least 4 members (excludes halogenated alkanes) is 1. The predicted molar refractivity (Wildman–Crippen MR) is 123 cm³/mol. The fraction of sp³-hybridized carbons (Fsp3) is 0.524. The number of aliphatic hydroxyl groups excluding tert-OH is 1. The molecule has 11 nitrogen and oxygen atoms in total. The Balaban J connectivity index is 1.45. The molecule has 0 radical (unpaired) electrons. The summed E-state index contributed by atoms with van der Waals surface area (Å²) in [5.74, 6) is 0.364. The van der Waals surface area contributed by atoms with Gasteiger partial charge in [-0.15, -0.1) is 0 Å². The van der Waals surface area contributed by atoms with E-state index in [4.69, 9.17) is 16.6 Å². The molecule has 3 rings (SSSR count). The van der Waals surface area contributed by atoms with E-state index in [1.54, 1.807) is 29.0 Å². The van der Waals surface area contributed by atoms with Crippen LogP contribution in [0.15, 0.2) is 35.4 Å². The van der Waals surface area contributed by atoms with Crippen LogP contribution in [-0.2, 0) is 11.3 Å². The lowest BCUT2D eigenvalue weighted by Gasteiger charge is -2.29. The lowest BCUT2D eigenvalue weighted by Crippen LogP contribution is -2.40. The van der Waals surface area contributed by atoms with E-state index in [1.165, 1.54) is 6.20 Å². The average Bonchev–Trinajstić information content (AvgIpc) is 2.79. The van der Waals surface area contributed by atoms with Crippen LogP contribution in [0.5, 0.6) is 0 Å². The summed E-state index contributed by atoms with van der Waals surface area (Å²) in [5, 5.41) is 14.4. The molecule has 1 atom stereocenters. The second kappa shape index (κ2) is 11.7. The number of likely N-dealkylation sites (tertiary alicyclic amines) is 1. The molecule has 7 N–H and O–H groups in total. The lowest BCUT2D eigenvalue weighted by molar-refractivity contribution is -0.118. The molecule has 1 aliphatic heterocycles. The first kappa shape index (κ1) is 23.8. The number of piperidine rings is 1. The van der Waals surface area contributed by atoms with Crippen molar-refractivity contribution in [1.82, 2.24) is 19.4 Å². The Labute approximate surface area is 186 Å². The molecule has 2 aromatic rings. The zero-order valence-electron chi connectivity index (χ0n) is 18.1. The maximum absolute atomic E-state index is 12.3. The molecular weight excluding hydrogens is 412 g/mol. The molecule has 2 aromatic heterocycles. The maximum atomic E-state index is 12.3. The van der Waals surface area contributed by atoms with Gasteiger partial charge in [0.25, 0.3) is 0 Å². The number of rotatable bonds is 10. The van der Waals surface area contributed by atoms with Gasteiger partial charge in [-0.1, -0.05) is 0 Å². The Morgan fingerprint density at radius 1 is 1.19 bits per heavy atom. The van der Waals surface area contributed by atoms with Crippen molar-refractivity contribution in [1.29, 1.82) is 0 Å². The van der Waals surface area contributed by atoms with Crippen molar-refractivity contribution in [2.24, 2.45) is 11.5 Å². The highest BCUT2D eigenvalue weighted by Gasteiger charge is 2.15. The standard InChI is InChI=1S/C21H32N8O3/c22-15-5-10-28(11-6-15)8-1-2-9-29-12-7-19(27-21(29)32)26-18-4-3-16(13-24-18)25-20(31)17(23)14-30/h3-4,7,12-13,15,17,30H,1-2,5-6,8-11,14,22-23H2,(H,25,31)(H,24,26,27,32). The van der Waals surface area contributed by atoms with Crippen molar-refractivity contribution in [2.75, 3.05) is 36.9 Å². The Morgan fingerprint density at radius 2 is 1.94 bits per heavy atom. The van der Waals surface area contributed by atoms with Gasteiger partial charge in [0, 0.05) is 18.8 Å². The molecule has 11 heteroatoms. The average molecular weight is 445 g/mol. The topological polar surface area (TPSA) is 164 Å². The van der Waals surface area contributed by atoms with Gasteiger partial charge in [-0.2, -0.15) is 4.98 Å². The van der Waals surface area contributed by atoms with Crippen molar-refractivity contribution in [2.45, 2.75) is 44.3 Å². The summed E-state index contributed by atoms with van der Waals surface area (Å²) < 4.78 is 1.60. The number of hydrogen-bond donors (Lipinski definition) is 5. The fourth-order valence-corrected chi connectivity index (χ4v) is 3.45. The summed E-state index contributed by atoms with van der Waals surface area (Å²) in [6.45, 7) is 3.33. The van der Waals surface area contributed by atoms with Crippen LogP contribution in [0.25, 0.3) is 0 Å². The zero-order chi connectivity index (χ0) is 22.9. The second-order valence-electron chi connectivity index (χ2n) is 8.01. The SMILES string of the molecule is NC1CCN(CCCCn2ccc(Nc3ccc(NC(=O)C(N)CO)cn3)nc2=O)CC1. The predicted octanol–water partition coefficient (Wildman–Crippen LogP) is -0.157. The van der Waals surface area contributed by atoms with Gasteiger partial charge < -0.3 is 32.1 Å². The van der Waals surface area contributed by atoms with E-state index in [9.17, 15) is 9.59 Å². The molecular formula is C21H32N8O3. The number of carbonyl (C=O) groups excluding carboxylic acids is 1. The normalized spacial score (nSPS) is 16.0. The fourth-order valence-electron chi connectivity index (χ4n) is 3.45. The number of amides is 1. The highest BCUT2D eigenvalue weighted by atomic mass is 16.3. The number of aliphatic hydroxyl groups is 1. The molecule has 0 bridgehead atoms. The quantitative estimate of drug-likeness (QED) is 0.313. The zero-order valence-corrected chi connectivity index (χ0v) is 18.1. The van der Waals surface area contributed by atoms with Crippen molar-refractivity contribution in [3.8, 4) is 0 Å². The van der Waals surface area contributed by atoms with Crippen LogP contribution in [0.3, 0.4) is 0 Å². The number of anilines is 3. The van der Waals surface area contributed by atoms with Crippen molar-refractivity contribution < 1.29 is 9.90 Å². The van der Waals surface area contributed by atoms with Crippen LogP contribution in [0, 0.1) is 0 Å². The van der Waals surface area contributed by atoms with Crippen LogP contribution >= 0.6 is 0 Å². The van der Waals surface area contributed by atoms with Gasteiger partial charge in [0.15, 0.2) is 0 Å². The molecule has 0 spiro atoms. The Bertz CT molecular complexity index is 925. The van der Waals surface area contributed by atoms with Crippen molar-refractivity contribution >= 4 is 23.2 Å². The van der Waals surface area contributed by atoms with Gasteiger partial charge in [-0.05, 0) is 63.5 Å². The summed E-state index contributed by atoms with van der Waals surface area (Å²) in [5.41, 5.74) is 11.5. The number of aryl methyl sites for hydroxylation is 1.